The summed E-state index contributed by atoms with van der Waals surface area (Å²) in [6.45, 7) is 4.11. The molecule has 0 aliphatic rings. The normalized spacial score (nSPS) is 14.3. The van der Waals surface area contributed by atoms with Gasteiger partial charge in [0, 0.05) is 0 Å². The van der Waals surface area contributed by atoms with Crippen LogP contribution in [0.2, 0.25) is 0 Å². The van der Waals surface area contributed by atoms with Crippen LogP contribution < -0.4 is 5.32 Å². The van der Waals surface area contributed by atoms with Gasteiger partial charge in [-0.1, -0.05) is 134 Å². The van der Waals surface area contributed by atoms with Gasteiger partial charge >= 0.3 is 0 Å². The standard InChI is InChI=1S/C33H63NO4/c1-3-5-7-9-11-13-15-16-18-19-21-23-25-27-31(36)30(29-35)34-33(38)32(37)28-26-24-22-20-17-14-12-10-8-6-4-2/h12,14,25,27,30-32,35-37H,3-11,13,15-24,26,28-29H2,1-2H3,(H,34,38)/b14-12-,27-25+. The molecule has 5 nitrogen and oxygen atoms in total. The minimum atomic E-state index is -1.10. The minimum Gasteiger partial charge on any atom is -0.394 e. The first-order valence-corrected chi connectivity index (χ1v) is 16.2. The lowest BCUT2D eigenvalue weighted by Gasteiger charge is -2.21. The van der Waals surface area contributed by atoms with Gasteiger partial charge in [0.2, 0.25) is 5.91 Å². The highest BCUT2D eigenvalue weighted by molar-refractivity contribution is 5.80. The van der Waals surface area contributed by atoms with Crippen LogP contribution in [0.4, 0.5) is 0 Å². The lowest BCUT2D eigenvalue weighted by Crippen LogP contribution is -2.48. The maximum absolute atomic E-state index is 12.3. The Hall–Kier alpha value is -1.17. The number of hydrogen-bond acceptors (Lipinski definition) is 4. The minimum absolute atomic E-state index is 0.367. The second kappa shape index (κ2) is 28.8. The SMILES string of the molecule is CCCCC/C=C\CCCCCCC(O)C(=O)NC(CO)C(O)/C=C/CCCCCCCCCCCCC. The first-order valence-electron chi connectivity index (χ1n) is 16.2. The molecule has 0 aliphatic heterocycles. The van der Waals surface area contributed by atoms with Crippen LogP contribution in [0.1, 0.15) is 155 Å². The zero-order valence-electron chi connectivity index (χ0n) is 25.1. The Morgan fingerprint density at radius 1 is 0.632 bits per heavy atom. The smallest absolute Gasteiger partial charge is 0.249 e. The monoisotopic (exact) mass is 537 g/mol. The third-order valence-electron chi connectivity index (χ3n) is 7.29. The molecule has 0 aliphatic carbocycles. The maximum atomic E-state index is 12.3. The van der Waals surface area contributed by atoms with Gasteiger partial charge in [-0.3, -0.25) is 4.79 Å². The fourth-order valence-corrected chi connectivity index (χ4v) is 4.65. The van der Waals surface area contributed by atoms with Crippen LogP contribution in [-0.2, 0) is 4.79 Å². The number of amides is 1. The molecule has 0 rings (SSSR count). The van der Waals surface area contributed by atoms with Gasteiger partial charge in [0.05, 0.1) is 18.8 Å². The van der Waals surface area contributed by atoms with E-state index in [0.717, 1.165) is 44.9 Å². The Kier molecular flexibility index (Phi) is 27.9. The molecule has 3 unspecified atom stereocenters. The number of aliphatic hydroxyl groups excluding tert-OH is 3. The van der Waals surface area contributed by atoms with Gasteiger partial charge in [0.15, 0.2) is 0 Å². The third kappa shape index (κ3) is 23.9. The van der Waals surface area contributed by atoms with Crippen molar-refractivity contribution in [3.05, 3.63) is 24.3 Å². The fourth-order valence-electron chi connectivity index (χ4n) is 4.65. The van der Waals surface area contributed by atoms with Crippen molar-refractivity contribution in [2.24, 2.45) is 0 Å². The summed E-state index contributed by atoms with van der Waals surface area (Å²) < 4.78 is 0. The van der Waals surface area contributed by atoms with Crippen molar-refractivity contribution >= 4 is 5.91 Å². The van der Waals surface area contributed by atoms with Gasteiger partial charge in [-0.25, -0.2) is 0 Å². The summed E-state index contributed by atoms with van der Waals surface area (Å²) in [4.78, 5) is 12.3. The molecule has 0 saturated carbocycles. The number of rotatable bonds is 28. The van der Waals surface area contributed by atoms with E-state index < -0.39 is 24.2 Å². The van der Waals surface area contributed by atoms with Crippen LogP contribution in [-0.4, -0.2) is 46.1 Å². The maximum Gasteiger partial charge on any atom is 0.249 e. The highest BCUT2D eigenvalue weighted by atomic mass is 16.3. The van der Waals surface area contributed by atoms with Crippen LogP contribution in [0.3, 0.4) is 0 Å². The van der Waals surface area contributed by atoms with E-state index in [9.17, 15) is 20.1 Å². The summed E-state index contributed by atoms with van der Waals surface area (Å²) in [5.41, 5.74) is 0. The Morgan fingerprint density at radius 3 is 1.58 bits per heavy atom. The summed E-state index contributed by atoms with van der Waals surface area (Å²) in [7, 11) is 0. The average molecular weight is 538 g/mol. The molecule has 0 aromatic heterocycles. The third-order valence-corrected chi connectivity index (χ3v) is 7.29. The summed E-state index contributed by atoms with van der Waals surface area (Å²) in [5.74, 6) is -0.517. The van der Waals surface area contributed by atoms with Gasteiger partial charge in [-0.2, -0.15) is 0 Å². The fraction of sp³-hybridized carbons (Fsp3) is 0.848. The van der Waals surface area contributed by atoms with E-state index in [2.05, 4.69) is 31.3 Å². The molecule has 0 spiro atoms. The predicted octanol–water partition coefficient (Wildman–Crippen LogP) is 7.92. The van der Waals surface area contributed by atoms with E-state index in [1.165, 1.54) is 89.9 Å². The van der Waals surface area contributed by atoms with Crippen molar-refractivity contribution in [3.8, 4) is 0 Å². The predicted molar refractivity (Wildman–Crippen MR) is 162 cm³/mol. The average Bonchev–Trinajstić information content (AvgIpc) is 2.92. The number of unbranched alkanes of at least 4 members (excludes halogenated alkanes) is 18. The van der Waals surface area contributed by atoms with E-state index in [0.29, 0.717) is 6.42 Å². The molecule has 0 saturated heterocycles. The molecule has 0 aromatic carbocycles. The molecule has 0 fully saturated rings. The Bertz CT molecular complexity index is 563. The van der Waals surface area contributed by atoms with Gasteiger partial charge < -0.3 is 20.6 Å². The number of carbonyl (C=O) groups is 1. The molecule has 0 radical (unpaired) electrons. The molecule has 0 heterocycles. The van der Waals surface area contributed by atoms with E-state index in [1.807, 2.05) is 6.08 Å². The molecular weight excluding hydrogens is 474 g/mol. The first kappa shape index (κ1) is 36.8. The molecule has 0 bridgehead atoms. The second-order valence-electron chi connectivity index (χ2n) is 11.0. The van der Waals surface area contributed by atoms with Crippen LogP contribution in [0.5, 0.6) is 0 Å². The van der Waals surface area contributed by atoms with Crippen LogP contribution in [0.25, 0.3) is 0 Å². The topological polar surface area (TPSA) is 89.8 Å². The lowest BCUT2D eigenvalue weighted by atomic mass is 10.0. The molecular formula is C33H63NO4. The largest absolute Gasteiger partial charge is 0.394 e. The van der Waals surface area contributed by atoms with Gasteiger partial charge in [0.25, 0.3) is 0 Å². The molecule has 224 valence electrons. The lowest BCUT2D eigenvalue weighted by molar-refractivity contribution is -0.131. The zero-order chi connectivity index (χ0) is 28.1. The molecule has 1 amide bonds. The van der Waals surface area contributed by atoms with Gasteiger partial charge in [0.1, 0.15) is 6.10 Å². The van der Waals surface area contributed by atoms with E-state index in [-0.39, 0.29) is 6.61 Å². The summed E-state index contributed by atoms with van der Waals surface area (Å²) in [6.07, 6.45) is 31.8. The number of aliphatic hydroxyl groups is 3. The van der Waals surface area contributed by atoms with Crippen molar-refractivity contribution in [2.45, 2.75) is 173 Å². The summed E-state index contributed by atoms with van der Waals surface area (Å²) >= 11 is 0. The van der Waals surface area contributed by atoms with Gasteiger partial charge in [-0.15, -0.1) is 0 Å². The molecule has 38 heavy (non-hydrogen) atoms. The number of hydrogen-bond donors (Lipinski definition) is 4. The summed E-state index contributed by atoms with van der Waals surface area (Å²) in [5, 5.41) is 32.7. The van der Waals surface area contributed by atoms with E-state index in [4.69, 9.17) is 0 Å². The highest BCUT2D eigenvalue weighted by Crippen LogP contribution is 2.13. The van der Waals surface area contributed by atoms with E-state index in [1.54, 1.807) is 6.08 Å². The zero-order valence-corrected chi connectivity index (χ0v) is 25.1. The van der Waals surface area contributed by atoms with Crippen molar-refractivity contribution in [1.82, 2.24) is 5.32 Å². The Morgan fingerprint density at radius 2 is 1.05 bits per heavy atom. The quantitative estimate of drug-likeness (QED) is 0.0603. The Labute approximate surface area is 235 Å². The van der Waals surface area contributed by atoms with Crippen LogP contribution in [0, 0.1) is 0 Å². The van der Waals surface area contributed by atoms with Crippen molar-refractivity contribution in [2.75, 3.05) is 6.61 Å². The highest BCUT2D eigenvalue weighted by Gasteiger charge is 2.22. The second-order valence-corrected chi connectivity index (χ2v) is 11.0. The van der Waals surface area contributed by atoms with Crippen LogP contribution >= 0.6 is 0 Å². The van der Waals surface area contributed by atoms with Gasteiger partial charge in [-0.05, 0) is 44.9 Å². The first-order chi connectivity index (χ1) is 18.6. The Balaban J connectivity index is 3.84. The molecule has 4 N–H and O–H groups in total. The number of nitrogens with one attached hydrogen (secondary N) is 1. The summed E-state index contributed by atoms with van der Waals surface area (Å²) in [6, 6.07) is -0.796. The molecule has 5 heteroatoms. The van der Waals surface area contributed by atoms with Crippen molar-refractivity contribution in [3.63, 3.8) is 0 Å². The molecule has 3 atom stereocenters. The molecule has 0 aromatic rings. The van der Waals surface area contributed by atoms with Crippen LogP contribution in [0.15, 0.2) is 24.3 Å². The van der Waals surface area contributed by atoms with Crippen molar-refractivity contribution < 1.29 is 20.1 Å². The number of carbonyl (C=O) groups excluding carboxylic acids is 1. The number of allylic oxidation sites excluding steroid dienone is 3. The van der Waals surface area contributed by atoms with Crippen molar-refractivity contribution in [1.29, 1.82) is 0 Å². The van der Waals surface area contributed by atoms with E-state index >= 15 is 0 Å².